The molecule has 1 fully saturated rings. The van der Waals surface area contributed by atoms with Gasteiger partial charge in [-0.25, -0.2) is 0 Å². The fourth-order valence-electron chi connectivity index (χ4n) is 5.15. The molecule has 4 heteroatoms. The molecular formula is C21H30O4. The van der Waals surface area contributed by atoms with Crippen molar-refractivity contribution < 1.29 is 20.1 Å². The van der Waals surface area contributed by atoms with E-state index in [1.165, 1.54) is 12.5 Å². The lowest BCUT2D eigenvalue weighted by Gasteiger charge is -2.45. The molecule has 4 nitrogen and oxygen atoms in total. The van der Waals surface area contributed by atoms with E-state index in [1.54, 1.807) is 0 Å². The summed E-state index contributed by atoms with van der Waals surface area (Å²) >= 11 is 0. The first-order valence-electron chi connectivity index (χ1n) is 9.35. The minimum Gasteiger partial charge on any atom is -0.393 e. The molecule has 0 bridgehead atoms. The third kappa shape index (κ3) is 3.05. The van der Waals surface area contributed by atoms with Crippen LogP contribution in [0.15, 0.2) is 34.9 Å². The Hall–Kier alpha value is -1.23. The predicted molar refractivity (Wildman–Crippen MR) is 96.9 cm³/mol. The van der Waals surface area contributed by atoms with Crippen molar-refractivity contribution in [2.45, 2.75) is 77.1 Å². The Kier molecular flexibility index (Phi) is 4.82. The van der Waals surface area contributed by atoms with E-state index in [2.05, 4.69) is 6.92 Å². The van der Waals surface area contributed by atoms with Gasteiger partial charge >= 0.3 is 0 Å². The van der Waals surface area contributed by atoms with Gasteiger partial charge < -0.3 is 15.3 Å². The number of aliphatic hydroxyl groups is 3. The van der Waals surface area contributed by atoms with Crippen molar-refractivity contribution in [3.8, 4) is 0 Å². The van der Waals surface area contributed by atoms with Gasteiger partial charge in [0.25, 0.3) is 0 Å². The molecule has 0 aromatic carbocycles. The van der Waals surface area contributed by atoms with Crippen LogP contribution in [0.5, 0.6) is 0 Å². The summed E-state index contributed by atoms with van der Waals surface area (Å²) in [6.07, 6.45) is 8.99. The molecule has 138 valence electrons. The topological polar surface area (TPSA) is 77.8 Å². The van der Waals surface area contributed by atoms with E-state index >= 15 is 0 Å². The van der Waals surface area contributed by atoms with Gasteiger partial charge in [0.05, 0.1) is 12.2 Å². The highest BCUT2D eigenvalue weighted by Gasteiger charge is 2.61. The van der Waals surface area contributed by atoms with E-state index in [0.29, 0.717) is 19.3 Å². The van der Waals surface area contributed by atoms with Crippen LogP contribution >= 0.6 is 0 Å². The van der Waals surface area contributed by atoms with Crippen molar-refractivity contribution in [2.24, 2.45) is 11.3 Å². The number of hydrogen-bond acceptors (Lipinski definition) is 4. The third-order valence-corrected chi connectivity index (χ3v) is 6.84. The number of ketones is 1. The van der Waals surface area contributed by atoms with Crippen LogP contribution in [-0.4, -0.2) is 38.9 Å². The van der Waals surface area contributed by atoms with Crippen molar-refractivity contribution in [2.75, 3.05) is 0 Å². The largest absolute Gasteiger partial charge is 0.393 e. The van der Waals surface area contributed by atoms with Gasteiger partial charge in [0, 0.05) is 5.41 Å². The lowest BCUT2D eigenvalue weighted by molar-refractivity contribution is -0.150. The highest BCUT2D eigenvalue weighted by atomic mass is 16.3. The first kappa shape index (κ1) is 18.6. The summed E-state index contributed by atoms with van der Waals surface area (Å²) in [5.41, 5.74) is 1.46. The van der Waals surface area contributed by atoms with Crippen LogP contribution in [0.25, 0.3) is 0 Å². The molecule has 0 saturated heterocycles. The van der Waals surface area contributed by atoms with Crippen LogP contribution in [0.1, 0.15) is 59.3 Å². The summed E-state index contributed by atoms with van der Waals surface area (Å²) in [4.78, 5) is 12.1. The van der Waals surface area contributed by atoms with Crippen LogP contribution in [0.3, 0.4) is 0 Å². The smallest absolute Gasteiger partial charge is 0.161 e. The fraction of sp³-hybridized carbons (Fsp3) is 0.667. The summed E-state index contributed by atoms with van der Waals surface area (Å²) in [5.74, 6) is -0.139. The Morgan fingerprint density at radius 3 is 2.68 bits per heavy atom. The number of allylic oxidation sites excluding steroid dienone is 4. The summed E-state index contributed by atoms with van der Waals surface area (Å²) in [6, 6.07) is 0. The minimum atomic E-state index is -1.36. The average molecular weight is 346 g/mol. The summed E-state index contributed by atoms with van der Waals surface area (Å²) in [5, 5.41) is 31.3. The summed E-state index contributed by atoms with van der Waals surface area (Å²) in [7, 11) is 0. The van der Waals surface area contributed by atoms with Crippen molar-refractivity contribution in [3.63, 3.8) is 0 Å². The highest BCUT2D eigenvalue weighted by molar-refractivity contribution is 5.86. The second kappa shape index (κ2) is 6.49. The number of fused-ring (bicyclic) bond motifs is 1. The lowest BCUT2D eigenvalue weighted by atomic mass is 9.61. The molecule has 3 rings (SSSR count). The van der Waals surface area contributed by atoms with Gasteiger partial charge in [-0.2, -0.15) is 0 Å². The zero-order valence-electron chi connectivity index (χ0n) is 15.5. The second-order valence-corrected chi connectivity index (χ2v) is 8.40. The van der Waals surface area contributed by atoms with Gasteiger partial charge in [-0.05, 0) is 69.4 Å². The highest BCUT2D eigenvalue weighted by Crippen LogP contribution is 2.58. The minimum absolute atomic E-state index is 0.0653. The third-order valence-electron chi connectivity index (χ3n) is 6.84. The predicted octanol–water partition coefficient (Wildman–Crippen LogP) is 2.83. The Labute approximate surface area is 149 Å². The van der Waals surface area contributed by atoms with Crippen LogP contribution in [0.4, 0.5) is 0 Å². The maximum absolute atomic E-state index is 12.1. The van der Waals surface area contributed by atoms with Gasteiger partial charge in [-0.3, -0.25) is 4.79 Å². The molecule has 3 aliphatic rings. The molecule has 5 atom stereocenters. The SMILES string of the molecule is CC(=O)[C@@]1(O)CC[C@H]2C(C=CC3=C(C)CC[C@H](O)C3)=C[C@H](O)C[C@@]21C. The van der Waals surface area contributed by atoms with Crippen LogP contribution in [-0.2, 0) is 4.79 Å². The van der Waals surface area contributed by atoms with Gasteiger partial charge in [0.1, 0.15) is 5.60 Å². The molecule has 3 aliphatic carbocycles. The molecule has 3 N–H and O–H groups in total. The first-order valence-corrected chi connectivity index (χ1v) is 9.35. The molecular weight excluding hydrogens is 316 g/mol. The Morgan fingerprint density at radius 2 is 2.00 bits per heavy atom. The van der Waals surface area contributed by atoms with Crippen molar-refractivity contribution in [3.05, 3.63) is 34.9 Å². The maximum atomic E-state index is 12.1. The standard InChI is InChI=1S/C21H30O4/c1-13-4-7-17(23)10-15(13)5-6-16-11-18(24)12-20(3)19(16)8-9-21(20,25)14(2)22/h5-6,11,17-19,23-25H,4,7-10,12H2,1-3H3/t17-,18-,19-,20-,21-/m0/s1. The molecule has 0 aromatic heterocycles. The van der Waals surface area contributed by atoms with Gasteiger partial charge in [0.2, 0.25) is 0 Å². The zero-order valence-corrected chi connectivity index (χ0v) is 15.5. The molecule has 0 unspecified atom stereocenters. The Morgan fingerprint density at radius 1 is 1.28 bits per heavy atom. The second-order valence-electron chi connectivity index (χ2n) is 8.40. The van der Waals surface area contributed by atoms with Crippen molar-refractivity contribution in [1.29, 1.82) is 0 Å². The van der Waals surface area contributed by atoms with E-state index in [4.69, 9.17) is 0 Å². The van der Waals surface area contributed by atoms with E-state index in [1.807, 2.05) is 25.2 Å². The number of aliphatic hydroxyl groups excluding tert-OH is 2. The molecule has 0 radical (unpaired) electrons. The molecule has 0 spiro atoms. The number of hydrogen-bond donors (Lipinski definition) is 3. The molecule has 0 amide bonds. The number of rotatable bonds is 3. The number of carbonyl (C=O) groups excluding carboxylic acids is 1. The average Bonchev–Trinajstić information content (AvgIpc) is 2.80. The van der Waals surface area contributed by atoms with Gasteiger partial charge in [-0.15, -0.1) is 0 Å². The monoisotopic (exact) mass is 346 g/mol. The number of carbonyl (C=O) groups is 1. The van der Waals surface area contributed by atoms with E-state index < -0.39 is 17.1 Å². The Balaban J connectivity index is 1.90. The van der Waals surface area contributed by atoms with Crippen LogP contribution < -0.4 is 0 Å². The van der Waals surface area contributed by atoms with Crippen molar-refractivity contribution >= 4 is 5.78 Å². The first-order chi connectivity index (χ1) is 11.7. The van der Waals surface area contributed by atoms with Gasteiger partial charge in [-0.1, -0.05) is 30.7 Å². The molecule has 1 saturated carbocycles. The van der Waals surface area contributed by atoms with Crippen LogP contribution in [0.2, 0.25) is 0 Å². The van der Waals surface area contributed by atoms with Crippen LogP contribution in [0, 0.1) is 11.3 Å². The molecule has 0 aromatic rings. The summed E-state index contributed by atoms with van der Waals surface area (Å²) in [6.45, 7) is 5.49. The Bertz CT molecular complexity index is 659. The van der Waals surface area contributed by atoms with E-state index in [-0.39, 0.29) is 17.8 Å². The normalized spacial score (nSPS) is 41.8. The summed E-state index contributed by atoms with van der Waals surface area (Å²) < 4.78 is 0. The quantitative estimate of drug-likeness (QED) is 0.734. The lowest BCUT2D eigenvalue weighted by Crippen LogP contribution is -2.53. The fourth-order valence-corrected chi connectivity index (χ4v) is 5.15. The van der Waals surface area contributed by atoms with Gasteiger partial charge in [0.15, 0.2) is 5.78 Å². The maximum Gasteiger partial charge on any atom is 0.161 e. The number of Topliss-reactive ketones (excluding diaryl/α,β-unsaturated/α-hetero) is 1. The van der Waals surface area contributed by atoms with E-state index in [0.717, 1.165) is 30.4 Å². The molecule has 0 aliphatic heterocycles. The zero-order chi connectivity index (χ0) is 18.4. The molecule has 0 heterocycles. The molecule has 25 heavy (non-hydrogen) atoms. The van der Waals surface area contributed by atoms with Crippen molar-refractivity contribution in [1.82, 2.24) is 0 Å². The van der Waals surface area contributed by atoms with E-state index in [9.17, 15) is 20.1 Å².